The van der Waals surface area contributed by atoms with Gasteiger partial charge in [-0.05, 0) is 31.4 Å². The second-order valence-corrected chi connectivity index (χ2v) is 6.16. The van der Waals surface area contributed by atoms with E-state index < -0.39 is 0 Å². The molecule has 1 saturated heterocycles. The lowest BCUT2D eigenvalue weighted by molar-refractivity contribution is 0.115. The summed E-state index contributed by atoms with van der Waals surface area (Å²) in [6, 6.07) is 11.5. The fraction of sp³-hybridized carbons (Fsp3) is 0.647. The van der Waals surface area contributed by atoms with E-state index in [1.54, 1.807) is 0 Å². The molecule has 0 radical (unpaired) electrons. The molecule has 1 aliphatic heterocycles. The zero-order chi connectivity index (χ0) is 13.7. The Bertz CT molecular complexity index is 376. The summed E-state index contributed by atoms with van der Waals surface area (Å²) in [6.45, 7) is 7.66. The fourth-order valence-corrected chi connectivity index (χ4v) is 3.29. The maximum absolute atomic E-state index is 6.12. The summed E-state index contributed by atoms with van der Waals surface area (Å²) in [5.74, 6) is 0. The molecule has 0 bridgehead atoms. The molecule has 0 saturated carbocycles. The van der Waals surface area contributed by atoms with Crippen molar-refractivity contribution in [1.29, 1.82) is 0 Å². The maximum atomic E-state index is 6.12. The molecule has 2 nitrogen and oxygen atoms in total. The smallest absolute Gasteiger partial charge is 0.0174 e. The van der Waals surface area contributed by atoms with Crippen LogP contribution in [0.4, 0.5) is 0 Å². The molecule has 1 aliphatic rings. The fourth-order valence-electron chi connectivity index (χ4n) is 3.29. The van der Waals surface area contributed by atoms with Crippen LogP contribution in [0.5, 0.6) is 0 Å². The molecule has 2 rings (SSSR count). The first-order valence-corrected chi connectivity index (χ1v) is 7.69. The summed E-state index contributed by atoms with van der Waals surface area (Å²) in [6.07, 6.45) is 5.34. The monoisotopic (exact) mass is 260 g/mol. The predicted octanol–water partition coefficient (Wildman–Crippen LogP) is 3.17. The van der Waals surface area contributed by atoms with Crippen molar-refractivity contribution >= 4 is 0 Å². The van der Waals surface area contributed by atoms with Gasteiger partial charge in [-0.15, -0.1) is 0 Å². The lowest BCUT2D eigenvalue weighted by Crippen LogP contribution is -2.49. The van der Waals surface area contributed by atoms with E-state index in [9.17, 15) is 0 Å². The van der Waals surface area contributed by atoms with Gasteiger partial charge in [-0.3, -0.25) is 4.90 Å². The average molecular weight is 260 g/mol. The summed E-state index contributed by atoms with van der Waals surface area (Å²) >= 11 is 0. The van der Waals surface area contributed by atoms with Crippen LogP contribution < -0.4 is 5.73 Å². The minimum Gasteiger partial charge on any atom is -0.330 e. The van der Waals surface area contributed by atoms with E-state index in [4.69, 9.17) is 5.73 Å². The molecule has 1 aromatic rings. The Morgan fingerprint density at radius 1 is 1.26 bits per heavy atom. The van der Waals surface area contributed by atoms with E-state index in [-0.39, 0.29) is 5.41 Å². The minimum absolute atomic E-state index is 0.0754. The summed E-state index contributed by atoms with van der Waals surface area (Å²) < 4.78 is 0. The second kappa shape index (κ2) is 6.53. The molecule has 0 spiro atoms. The number of nitrogens with two attached hydrogens (primary N) is 1. The topological polar surface area (TPSA) is 29.3 Å². The molecule has 0 aromatic heterocycles. The third-order valence-corrected chi connectivity index (χ3v) is 4.69. The van der Waals surface area contributed by atoms with E-state index in [0.29, 0.717) is 6.54 Å². The molecule has 1 fully saturated rings. The first-order chi connectivity index (χ1) is 9.19. The number of likely N-dealkylation sites (tertiary alicyclic amines) is 1. The largest absolute Gasteiger partial charge is 0.330 e. The van der Waals surface area contributed by atoms with E-state index in [1.165, 1.54) is 37.8 Å². The Balaban J connectivity index is 2.13. The van der Waals surface area contributed by atoms with Crippen LogP contribution in [0.25, 0.3) is 0 Å². The van der Waals surface area contributed by atoms with Gasteiger partial charge < -0.3 is 5.73 Å². The van der Waals surface area contributed by atoms with Crippen LogP contribution in [0.1, 0.15) is 45.1 Å². The summed E-state index contributed by atoms with van der Waals surface area (Å²) in [5.41, 5.74) is 7.56. The molecule has 1 aromatic carbocycles. The third kappa shape index (κ3) is 3.37. The van der Waals surface area contributed by atoms with Gasteiger partial charge in [-0.2, -0.15) is 0 Å². The molecule has 106 valence electrons. The highest BCUT2D eigenvalue weighted by Gasteiger charge is 2.31. The van der Waals surface area contributed by atoms with Crippen molar-refractivity contribution in [2.45, 2.75) is 51.0 Å². The summed E-state index contributed by atoms with van der Waals surface area (Å²) in [4.78, 5) is 2.67. The lowest BCUT2D eigenvalue weighted by atomic mass is 9.81. The van der Waals surface area contributed by atoms with Crippen LogP contribution >= 0.6 is 0 Å². The number of benzene rings is 1. The zero-order valence-corrected chi connectivity index (χ0v) is 12.4. The van der Waals surface area contributed by atoms with Crippen LogP contribution in [0.2, 0.25) is 0 Å². The molecule has 1 heterocycles. The molecule has 2 unspecified atom stereocenters. The van der Waals surface area contributed by atoms with Gasteiger partial charge in [0, 0.05) is 24.5 Å². The standard InChI is InChI=1S/C17H28N2/c1-3-16-11-7-8-12-19(16)14-17(2,13-18)15-9-5-4-6-10-15/h4-6,9-10,16H,3,7-8,11-14,18H2,1-2H3. The molecular weight excluding hydrogens is 232 g/mol. The summed E-state index contributed by atoms with van der Waals surface area (Å²) in [5, 5.41) is 0. The van der Waals surface area contributed by atoms with Crippen molar-refractivity contribution in [2.75, 3.05) is 19.6 Å². The second-order valence-electron chi connectivity index (χ2n) is 6.16. The molecule has 0 aliphatic carbocycles. The highest BCUT2D eigenvalue weighted by atomic mass is 15.2. The van der Waals surface area contributed by atoms with Crippen molar-refractivity contribution in [3.63, 3.8) is 0 Å². The van der Waals surface area contributed by atoms with Crippen molar-refractivity contribution in [2.24, 2.45) is 5.73 Å². The van der Waals surface area contributed by atoms with Crippen molar-refractivity contribution in [3.8, 4) is 0 Å². The van der Waals surface area contributed by atoms with Gasteiger partial charge in [-0.25, -0.2) is 0 Å². The first-order valence-electron chi connectivity index (χ1n) is 7.69. The number of hydrogen-bond acceptors (Lipinski definition) is 2. The van der Waals surface area contributed by atoms with E-state index >= 15 is 0 Å². The predicted molar refractivity (Wildman–Crippen MR) is 82.4 cm³/mol. The molecule has 2 N–H and O–H groups in total. The van der Waals surface area contributed by atoms with E-state index in [1.807, 2.05) is 0 Å². The highest BCUT2D eigenvalue weighted by Crippen LogP contribution is 2.28. The van der Waals surface area contributed by atoms with Gasteiger partial charge in [-0.1, -0.05) is 50.6 Å². The van der Waals surface area contributed by atoms with E-state index in [2.05, 4.69) is 49.1 Å². The maximum Gasteiger partial charge on any atom is 0.0174 e. The van der Waals surface area contributed by atoms with Crippen LogP contribution in [0.3, 0.4) is 0 Å². The average Bonchev–Trinajstić information content (AvgIpc) is 2.48. The number of hydrogen-bond donors (Lipinski definition) is 1. The molecular formula is C17H28N2. The minimum atomic E-state index is 0.0754. The van der Waals surface area contributed by atoms with Crippen molar-refractivity contribution in [1.82, 2.24) is 4.90 Å². The third-order valence-electron chi connectivity index (χ3n) is 4.69. The molecule has 0 amide bonds. The Labute approximate surface area is 118 Å². The first kappa shape index (κ1) is 14.5. The Hall–Kier alpha value is -0.860. The van der Waals surface area contributed by atoms with Gasteiger partial charge in [0.05, 0.1) is 0 Å². The van der Waals surface area contributed by atoms with Gasteiger partial charge in [0.1, 0.15) is 0 Å². The van der Waals surface area contributed by atoms with Crippen molar-refractivity contribution in [3.05, 3.63) is 35.9 Å². The number of piperidine rings is 1. The van der Waals surface area contributed by atoms with Gasteiger partial charge >= 0.3 is 0 Å². The zero-order valence-electron chi connectivity index (χ0n) is 12.4. The van der Waals surface area contributed by atoms with Crippen LogP contribution in [0.15, 0.2) is 30.3 Å². The van der Waals surface area contributed by atoms with Gasteiger partial charge in [0.2, 0.25) is 0 Å². The quantitative estimate of drug-likeness (QED) is 0.881. The van der Waals surface area contributed by atoms with Crippen LogP contribution in [0, 0.1) is 0 Å². The van der Waals surface area contributed by atoms with Crippen LogP contribution in [-0.4, -0.2) is 30.6 Å². The number of nitrogens with zero attached hydrogens (tertiary/aromatic N) is 1. The normalized spacial score (nSPS) is 24.1. The molecule has 19 heavy (non-hydrogen) atoms. The Morgan fingerprint density at radius 3 is 2.63 bits per heavy atom. The Morgan fingerprint density at radius 2 is 2.00 bits per heavy atom. The lowest BCUT2D eigenvalue weighted by Gasteiger charge is -2.41. The molecule has 2 atom stereocenters. The number of rotatable bonds is 5. The van der Waals surface area contributed by atoms with Gasteiger partial charge in [0.25, 0.3) is 0 Å². The molecule has 2 heteroatoms. The van der Waals surface area contributed by atoms with E-state index in [0.717, 1.165) is 12.6 Å². The van der Waals surface area contributed by atoms with Gasteiger partial charge in [0.15, 0.2) is 0 Å². The Kier molecular flexibility index (Phi) is 5.00. The highest BCUT2D eigenvalue weighted by molar-refractivity contribution is 5.25. The SMILES string of the molecule is CCC1CCCCN1CC(C)(CN)c1ccccc1. The van der Waals surface area contributed by atoms with Crippen molar-refractivity contribution < 1.29 is 0 Å². The van der Waals surface area contributed by atoms with Crippen LogP contribution in [-0.2, 0) is 5.41 Å². The summed E-state index contributed by atoms with van der Waals surface area (Å²) in [7, 11) is 0.